The highest BCUT2D eigenvalue weighted by atomic mass is 19.4. The molecule has 0 aromatic heterocycles. The van der Waals surface area contributed by atoms with E-state index in [0.29, 0.717) is 26.7 Å². The second kappa shape index (κ2) is 9.48. The van der Waals surface area contributed by atoms with E-state index in [0.717, 1.165) is 4.90 Å². The zero-order valence-corrected chi connectivity index (χ0v) is 14.9. The molecular formula is C15H24F9NO. The smallest absolute Gasteiger partial charge is 0.363 e. The predicted molar refractivity (Wildman–Crippen MR) is 77.9 cm³/mol. The summed E-state index contributed by atoms with van der Waals surface area (Å²) in [4.78, 5) is 0.788. The Hall–Kier alpha value is -0.710. The van der Waals surface area contributed by atoms with Crippen LogP contribution in [-0.4, -0.2) is 60.7 Å². The summed E-state index contributed by atoms with van der Waals surface area (Å²) in [5, 5.41) is 0. The van der Waals surface area contributed by atoms with Gasteiger partial charge in [-0.3, -0.25) is 4.90 Å². The summed E-state index contributed by atoms with van der Waals surface area (Å²) in [7, 11) is 0. The standard InChI is InChI=1S/C15H24F9NO/c1-5-7-25(8-6-2)12(17)14(20,21)10(4)26-9(3)13(18,19)11(16)15(22,23)24/h9-12H,5-8H2,1-4H3. The minimum absolute atomic E-state index is 0.0380. The second-order valence-electron chi connectivity index (χ2n) is 6.05. The Kier molecular flexibility index (Phi) is 9.22. The molecule has 0 N–H and O–H groups in total. The molecule has 0 rings (SSSR count). The van der Waals surface area contributed by atoms with E-state index in [2.05, 4.69) is 4.74 Å². The predicted octanol–water partition coefficient (Wildman–Crippen LogP) is 5.37. The van der Waals surface area contributed by atoms with Crippen LogP contribution in [0.15, 0.2) is 0 Å². The lowest BCUT2D eigenvalue weighted by Gasteiger charge is -2.36. The maximum Gasteiger partial charge on any atom is 0.425 e. The van der Waals surface area contributed by atoms with Crippen LogP contribution < -0.4 is 0 Å². The number of rotatable bonds is 11. The van der Waals surface area contributed by atoms with E-state index in [1.54, 1.807) is 13.8 Å². The fourth-order valence-electron chi connectivity index (χ4n) is 2.26. The average molecular weight is 405 g/mol. The van der Waals surface area contributed by atoms with E-state index in [-0.39, 0.29) is 13.1 Å². The highest BCUT2D eigenvalue weighted by Gasteiger charge is 2.61. The molecule has 0 saturated carbocycles. The van der Waals surface area contributed by atoms with Crippen molar-refractivity contribution in [3.8, 4) is 0 Å². The number of halogens is 9. The minimum atomic E-state index is -5.89. The molecular weight excluding hydrogens is 381 g/mol. The van der Waals surface area contributed by atoms with Crippen LogP contribution in [0.3, 0.4) is 0 Å². The SMILES string of the molecule is CCCN(CCC)C(F)C(F)(F)C(C)OC(C)C(F)(F)C(F)C(F)(F)F. The van der Waals surface area contributed by atoms with Gasteiger partial charge in [0.1, 0.15) is 12.2 Å². The van der Waals surface area contributed by atoms with Gasteiger partial charge in [0.15, 0.2) is 0 Å². The van der Waals surface area contributed by atoms with Gasteiger partial charge in [-0.25, -0.2) is 17.6 Å². The first-order valence-corrected chi connectivity index (χ1v) is 8.13. The van der Waals surface area contributed by atoms with Crippen LogP contribution in [0.25, 0.3) is 0 Å². The average Bonchev–Trinajstić information content (AvgIpc) is 2.51. The zero-order chi connectivity index (χ0) is 20.9. The summed E-state index contributed by atoms with van der Waals surface area (Å²) in [6.45, 7) is 4.04. The first-order valence-electron chi connectivity index (χ1n) is 8.13. The molecule has 158 valence electrons. The molecule has 0 aliphatic carbocycles. The molecule has 0 bridgehead atoms. The van der Waals surface area contributed by atoms with E-state index in [4.69, 9.17) is 0 Å². The molecule has 0 amide bonds. The van der Waals surface area contributed by atoms with Gasteiger partial charge in [0.05, 0.1) is 0 Å². The molecule has 0 aromatic rings. The number of hydrogen-bond acceptors (Lipinski definition) is 2. The van der Waals surface area contributed by atoms with Crippen molar-refractivity contribution >= 4 is 0 Å². The van der Waals surface area contributed by atoms with Crippen LogP contribution in [0.4, 0.5) is 39.5 Å². The van der Waals surface area contributed by atoms with Crippen molar-refractivity contribution in [2.24, 2.45) is 0 Å². The normalized spacial score (nSPS) is 18.7. The van der Waals surface area contributed by atoms with E-state index in [1.807, 2.05) is 0 Å². The third-order valence-corrected chi connectivity index (χ3v) is 3.78. The van der Waals surface area contributed by atoms with Gasteiger partial charge in [-0.1, -0.05) is 13.8 Å². The highest BCUT2D eigenvalue weighted by Crippen LogP contribution is 2.40. The lowest BCUT2D eigenvalue weighted by atomic mass is 10.1. The van der Waals surface area contributed by atoms with E-state index < -0.39 is 42.7 Å². The molecule has 4 unspecified atom stereocenters. The van der Waals surface area contributed by atoms with Gasteiger partial charge in [0, 0.05) is 13.1 Å². The third kappa shape index (κ3) is 6.17. The first-order chi connectivity index (χ1) is 11.6. The zero-order valence-electron chi connectivity index (χ0n) is 14.9. The Bertz CT molecular complexity index is 410. The molecule has 0 spiro atoms. The van der Waals surface area contributed by atoms with Gasteiger partial charge < -0.3 is 4.74 Å². The van der Waals surface area contributed by atoms with Crippen LogP contribution in [0.2, 0.25) is 0 Å². The molecule has 2 nitrogen and oxygen atoms in total. The fourth-order valence-corrected chi connectivity index (χ4v) is 2.26. The van der Waals surface area contributed by atoms with Gasteiger partial charge in [-0.15, -0.1) is 0 Å². The van der Waals surface area contributed by atoms with Gasteiger partial charge >= 0.3 is 18.0 Å². The second-order valence-corrected chi connectivity index (χ2v) is 6.05. The van der Waals surface area contributed by atoms with Crippen molar-refractivity contribution in [1.82, 2.24) is 4.90 Å². The molecule has 0 saturated heterocycles. The molecule has 26 heavy (non-hydrogen) atoms. The van der Waals surface area contributed by atoms with Crippen LogP contribution in [0.5, 0.6) is 0 Å². The van der Waals surface area contributed by atoms with Gasteiger partial charge in [0.2, 0.25) is 6.30 Å². The molecule has 0 aromatic carbocycles. The lowest BCUT2D eigenvalue weighted by Crippen LogP contribution is -2.55. The maximum atomic E-state index is 14.2. The molecule has 0 aliphatic heterocycles. The highest BCUT2D eigenvalue weighted by molar-refractivity contribution is 4.91. The van der Waals surface area contributed by atoms with Crippen molar-refractivity contribution in [3.05, 3.63) is 0 Å². The third-order valence-electron chi connectivity index (χ3n) is 3.78. The van der Waals surface area contributed by atoms with Crippen LogP contribution in [-0.2, 0) is 4.74 Å². The summed E-state index contributed by atoms with van der Waals surface area (Å²) >= 11 is 0. The van der Waals surface area contributed by atoms with E-state index >= 15 is 0 Å². The number of hydrogen-bond donors (Lipinski definition) is 0. The first kappa shape index (κ1) is 25.3. The van der Waals surface area contributed by atoms with Gasteiger partial charge in [-0.2, -0.15) is 22.0 Å². The molecule has 4 atom stereocenters. The van der Waals surface area contributed by atoms with Crippen LogP contribution in [0.1, 0.15) is 40.5 Å². The molecule has 11 heteroatoms. The van der Waals surface area contributed by atoms with Crippen LogP contribution >= 0.6 is 0 Å². The quantitative estimate of drug-likeness (QED) is 0.339. The molecule has 0 aliphatic rings. The molecule has 0 fully saturated rings. The largest absolute Gasteiger partial charge is 0.425 e. The number of nitrogens with zero attached hydrogens (tertiary/aromatic N) is 1. The summed E-state index contributed by atoms with van der Waals surface area (Å²) in [5.74, 6) is -9.40. The fraction of sp³-hybridized carbons (Fsp3) is 1.00. The van der Waals surface area contributed by atoms with Crippen molar-refractivity contribution in [3.63, 3.8) is 0 Å². The lowest BCUT2D eigenvalue weighted by molar-refractivity contribution is -0.290. The van der Waals surface area contributed by atoms with E-state index in [9.17, 15) is 39.5 Å². The maximum absolute atomic E-state index is 14.2. The van der Waals surface area contributed by atoms with Crippen molar-refractivity contribution in [1.29, 1.82) is 0 Å². The summed E-state index contributed by atoms with van der Waals surface area (Å²) in [6.07, 6.45) is -18.0. The topological polar surface area (TPSA) is 12.5 Å². The van der Waals surface area contributed by atoms with Gasteiger partial charge in [-0.05, 0) is 26.7 Å². The minimum Gasteiger partial charge on any atom is -0.363 e. The summed E-state index contributed by atoms with van der Waals surface area (Å²) in [6, 6.07) is 0. The van der Waals surface area contributed by atoms with Crippen molar-refractivity contribution in [2.45, 2.75) is 83.2 Å². The Labute approximate surface area is 146 Å². The van der Waals surface area contributed by atoms with E-state index in [1.165, 1.54) is 0 Å². The Morgan fingerprint density at radius 3 is 1.50 bits per heavy atom. The molecule has 0 heterocycles. The molecule has 0 radical (unpaired) electrons. The number of alkyl halides is 9. The monoisotopic (exact) mass is 405 g/mol. The Balaban J connectivity index is 5.23. The Morgan fingerprint density at radius 2 is 1.15 bits per heavy atom. The number of ether oxygens (including phenoxy) is 1. The summed E-state index contributed by atoms with van der Waals surface area (Å²) < 4.78 is 123. The Morgan fingerprint density at radius 1 is 0.769 bits per heavy atom. The van der Waals surface area contributed by atoms with Crippen molar-refractivity contribution in [2.75, 3.05) is 13.1 Å². The van der Waals surface area contributed by atoms with Gasteiger partial charge in [0.25, 0.3) is 6.17 Å². The van der Waals surface area contributed by atoms with Crippen molar-refractivity contribution < 1.29 is 44.3 Å². The summed E-state index contributed by atoms with van der Waals surface area (Å²) in [5.41, 5.74) is 0. The van der Waals surface area contributed by atoms with Crippen LogP contribution in [0, 0.1) is 0 Å².